The molecule has 1 heterocycles. The Morgan fingerprint density at radius 3 is 2.79 bits per heavy atom. The fourth-order valence-corrected chi connectivity index (χ4v) is 2.56. The zero-order chi connectivity index (χ0) is 13.8. The van der Waals surface area contributed by atoms with Gasteiger partial charge in [0.25, 0.3) is 0 Å². The van der Waals surface area contributed by atoms with E-state index < -0.39 is 0 Å². The molecule has 0 aromatic carbocycles. The van der Waals surface area contributed by atoms with E-state index in [1.165, 1.54) is 18.4 Å². The number of nitrogens with zero attached hydrogens (tertiary/aromatic N) is 2. The molecule has 1 aromatic rings. The van der Waals surface area contributed by atoms with E-state index in [9.17, 15) is 0 Å². The molecule has 1 aromatic heterocycles. The van der Waals surface area contributed by atoms with Crippen LogP contribution < -0.4 is 10.2 Å². The summed E-state index contributed by atoms with van der Waals surface area (Å²) in [5.41, 5.74) is 1.28. The van der Waals surface area contributed by atoms with E-state index in [4.69, 9.17) is 0 Å². The molecule has 0 unspecified atom stereocenters. The molecule has 1 N–H and O–H groups in total. The Labute approximate surface area is 124 Å². The molecule has 0 bridgehead atoms. The van der Waals surface area contributed by atoms with Crippen molar-refractivity contribution in [3.63, 3.8) is 0 Å². The topological polar surface area (TPSA) is 28.2 Å². The minimum Gasteiger partial charge on any atom is -0.356 e. The van der Waals surface area contributed by atoms with E-state index in [2.05, 4.69) is 58.0 Å². The molecule has 0 aliphatic heterocycles. The van der Waals surface area contributed by atoms with E-state index in [1.807, 2.05) is 6.20 Å². The summed E-state index contributed by atoms with van der Waals surface area (Å²) < 4.78 is 1.05. The molecule has 0 amide bonds. The molecule has 19 heavy (non-hydrogen) atoms. The van der Waals surface area contributed by atoms with Crippen LogP contribution in [0.15, 0.2) is 16.7 Å². The number of anilines is 1. The lowest BCUT2D eigenvalue weighted by molar-refractivity contribution is 0.585. The predicted molar refractivity (Wildman–Crippen MR) is 84.5 cm³/mol. The summed E-state index contributed by atoms with van der Waals surface area (Å²) in [7, 11) is 0. The lowest BCUT2D eigenvalue weighted by Gasteiger charge is -2.25. The first kappa shape index (κ1) is 14.8. The van der Waals surface area contributed by atoms with Gasteiger partial charge in [0.15, 0.2) is 0 Å². The van der Waals surface area contributed by atoms with Crippen molar-refractivity contribution in [3.8, 4) is 0 Å². The molecule has 1 saturated carbocycles. The highest BCUT2D eigenvalue weighted by atomic mass is 79.9. The molecule has 3 nitrogen and oxygen atoms in total. The number of hydrogen-bond acceptors (Lipinski definition) is 3. The van der Waals surface area contributed by atoms with Gasteiger partial charge in [-0.1, -0.05) is 13.8 Å². The number of nitrogens with one attached hydrogen (secondary N) is 1. The second-order valence-electron chi connectivity index (χ2n) is 5.65. The summed E-state index contributed by atoms with van der Waals surface area (Å²) >= 11 is 3.53. The molecule has 1 fully saturated rings. The quantitative estimate of drug-likeness (QED) is 0.830. The Hall–Kier alpha value is -0.610. The van der Waals surface area contributed by atoms with Crippen LogP contribution >= 0.6 is 15.9 Å². The van der Waals surface area contributed by atoms with Crippen molar-refractivity contribution >= 4 is 21.7 Å². The standard InChI is InChI=1S/C15H24BrN3/c1-4-19(10-12-5-6-12)15-13(8-17-11(2)3)7-14(16)9-18-15/h7,9,11-12,17H,4-6,8,10H2,1-3H3. The predicted octanol–water partition coefficient (Wildman–Crippen LogP) is 3.58. The molecule has 0 atom stereocenters. The summed E-state index contributed by atoms with van der Waals surface area (Å²) in [4.78, 5) is 7.07. The summed E-state index contributed by atoms with van der Waals surface area (Å²) in [6.07, 6.45) is 4.67. The maximum absolute atomic E-state index is 4.65. The third kappa shape index (κ3) is 4.46. The number of rotatable bonds is 7. The highest BCUT2D eigenvalue weighted by Crippen LogP contribution is 2.32. The maximum Gasteiger partial charge on any atom is 0.133 e. The summed E-state index contributed by atoms with van der Waals surface area (Å²) in [6, 6.07) is 2.68. The van der Waals surface area contributed by atoms with Crippen molar-refractivity contribution in [3.05, 3.63) is 22.3 Å². The maximum atomic E-state index is 4.65. The molecular formula is C15H24BrN3. The van der Waals surface area contributed by atoms with Crippen molar-refractivity contribution in [2.45, 2.75) is 46.2 Å². The van der Waals surface area contributed by atoms with Gasteiger partial charge in [0.05, 0.1) is 0 Å². The van der Waals surface area contributed by atoms with Crippen LogP contribution in [-0.2, 0) is 6.54 Å². The van der Waals surface area contributed by atoms with Crippen LogP contribution in [0.4, 0.5) is 5.82 Å². The van der Waals surface area contributed by atoms with E-state index in [-0.39, 0.29) is 0 Å². The molecule has 0 spiro atoms. The zero-order valence-electron chi connectivity index (χ0n) is 12.1. The average Bonchev–Trinajstić information content (AvgIpc) is 3.18. The van der Waals surface area contributed by atoms with Crippen LogP contribution in [0.1, 0.15) is 39.2 Å². The first-order chi connectivity index (χ1) is 9.10. The Morgan fingerprint density at radius 2 is 2.21 bits per heavy atom. The van der Waals surface area contributed by atoms with Crippen LogP contribution in [-0.4, -0.2) is 24.1 Å². The van der Waals surface area contributed by atoms with Crippen LogP contribution in [0.5, 0.6) is 0 Å². The Bertz CT molecular complexity index is 416. The lowest BCUT2D eigenvalue weighted by Crippen LogP contribution is -2.29. The fraction of sp³-hybridized carbons (Fsp3) is 0.667. The van der Waals surface area contributed by atoms with Crippen molar-refractivity contribution in [2.24, 2.45) is 5.92 Å². The molecule has 106 valence electrons. The van der Waals surface area contributed by atoms with Gasteiger partial charge in [-0.2, -0.15) is 0 Å². The molecule has 4 heteroatoms. The number of pyridine rings is 1. The largest absolute Gasteiger partial charge is 0.356 e. The molecule has 1 aliphatic rings. The van der Waals surface area contributed by atoms with Crippen LogP contribution in [0.2, 0.25) is 0 Å². The third-order valence-corrected chi connectivity index (χ3v) is 3.90. The minimum atomic E-state index is 0.491. The van der Waals surface area contributed by atoms with Crippen molar-refractivity contribution < 1.29 is 0 Å². The molecule has 0 saturated heterocycles. The van der Waals surface area contributed by atoms with Crippen LogP contribution in [0, 0.1) is 5.92 Å². The van der Waals surface area contributed by atoms with Crippen molar-refractivity contribution in [1.82, 2.24) is 10.3 Å². The van der Waals surface area contributed by atoms with Gasteiger partial charge < -0.3 is 10.2 Å². The van der Waals surface area contributed by atoms with Gasteiger partial charge in [-0.3, -0.25) is 0 Å². The Morgan fingerprint density at radius 1 is 1.47 bits per heavy atom. The summed E-state index contributed by atoms with van der Waals surface area (Å²) in [5.74, 6) is 2.03. The van der Waals surface area contributed by atoms with Gasteiger partial charge in [0, 0.05) is 41.9 Å². The van der Waals surface area contributed by atoms with Crippen molar-refractivity contribution in [1.29, 1.82) is 0 Å². The SMILES string of the molecule is CCN(CC1CC1)c1ncc(Br)cc1CNC(C)C. The van der Waals surface area contributed by atoms with E-state index in [0.29, 0.717) is 6.04 Å². The second kappa shape index (κ2) is 6.71. The van der Waals surface area contributed by atoms with Crippen LogP contribution in [0.25, 0.3) is 0 Å². The average molecular weight is 326 g/mol. The number of aromatic nitrogens is 1. The van der Waals surface area contributed by atoms with Gasteiger partial charge >= 0.3 is 0 Å². The smallest absolute Gasteiger partial charge is 0.133 e. The minimum absolute atomic E-state index is 0.491. The van der Waals surface area contributed by atoms with Gasteiger partial charge in [0.2, 0.25) is 0 Å². The van der Waals surface area contributed by atoms with E-state index >= 15 is 0 Å². The van der Waals surface area contributed by atoms with Gasteiger partial charge in [-0.15, -0.1) is 0 Å². The summed E-state index contributed by atoms with van der Waals surface area (Å²) in [5, 5.41) is 3.49. The Balaban J connectivity index is 2.15. The third-order valence-electron chi connectivity index (χ3n) is 3.47. The lowest BCUT2D eigenvalue weighted by atomic mass is 10.2. The van der Waals surface area contributed by atoms with E-state index in [0.717, 1.165) is 35.8 Å². The monoisotopic (exact) mass is 325 g/mol. The summed E-state index contributed by atoms with van der Waals surface area (Å²) in [6.45, 7) is 9.62. The van der Waals surface area contributed by atoms with Crippen molar-refractivity contribution in [2.75, 3.05) is 18.0 Å². The molecular weight excluding hydrogens is 302 g/mol. The first-order valence-corrected chi connectivity index (χ1v) is 8.02. The first-order valence-electron chi connectivity index (χ1n) is 7.23. The molecule has 0 radical (unpaired) electrons. The molecule has 1 aliphatic carbocycles. The Kier molecular flexibility index (Phi) is 5.22. The van der Waals surface area contributed by atoms with Gasteiger partial charge in [-0.05, 0) is 47.7 Å². The zero-order valence-corrected chi connectivity index (χ0v) is 13.7. The van der Waals surface area contributed by atoms with Gasteiger partial charge in [0.1, 0.15) is 5.82 Å². The highest BCUT2D eigenvalue weighted by molar-refractivity contribution is 9.10. The fourth-order valence-electron chi connectivity index (χ4n) is 2.18. The number of hydrogen-bond donors (Lipinski definition) is 1. The van der Waals surface area contributed by atoms with Crippen LogP contribution in [0.3, 0.4) is 0 Å². The molecule has 2 rings (SSSR count). The highest BCUT2D eigenvalue weighted by Gasteiger charge is 2.25. The van der Waals surface area contributed by atoms with Gasteiger partial charge in [-0.25, -0.2) is 4.98 Å². The number of halogens is 1. The normalized spacial score (nSPS) is 15.0. The second-order valence-corrected chi connectivity index (χ2v) is 6.57. The van der Waals surface area contributed by atoms with E-state index in [1.54, 1.807) is 0 Å².